The molecule has 5 aliphatic rings. The van der Waals surface area contributed by atoms with Crippen LogP contribution in [0, 0.1) is 23.3 Å². The van der Waals surface area contributed by atoms with Gasteiger partial charge in [0, 0.05) is 102 Å². The van der Waals surface area contributed by atoms with E-state index in [0.29, 0.717) is 30.2 Å². The Morgan fingerprint density at radius 2 is 0.741 bits per heavy atom. The van der Waals surface area contributed by atoms with Crippen LogP contribution in [0.25, 0.3) is 24.3 Å². The number of nitrogens with zero attached hydrogens (tertiary/aromatic N) is 12. The van der Waals surface area contributed by atoms with Crippen LogP contribution in [-0.2, 0) is 43.9 Å². The fourth-order valence-electron chi connectivity index (χ4n) is 10.3. The van der Waals surface area contributed by atoms with Gasteiger partial charge >= 0.3 is 0 Å². The number of amides is 8. The zero-order valence-electron chi connectivity index (χ0n) is 61.8. The Labute approximate surface area is 707 Å². The van der Waals surface area contributed by atoms with Crippen LogP contribution in [0.15, 0.2) is 111 Å². The first-order valence-corrected chi connectivity index (χ1v) is 39.7. The third-order valence-electron chi connectivity index (χ3n) is 16.8. The SMILES string of the molecule is CC(Cc1cnc(N)nc1)Oc1cc(/C=C2\SC(=O)N(C)C2=O)c(Br)c(F)c1O.CN1C(=O)S/C(=C\c2cc(OCC3(c4cnc(N)nc4)CC3)c(O)c(F)c2Br)C1=O.CN1C(=O)S/C(=C\c2cc(OCCc3cnc(N)nc3)c(O)c(F)c2Br)C1=O.[2H]C(C)(Cc1cnc(N)nc1)Oc1cc(/C=C2\SC(=O)N(C)C2=O)c(Br)c(F)c1O. The van der Waals surface area contributed by atoms with Gasteiger partial charge in [-0.05, 0) is 231 Å². The second-order valence-electron chi connectivity index (χ2n) is 25.2. The molecule has 2 atom stereocenters. The first-order valence-electron chi connectivity index (χ1n) is 33.7. The second kappa shape index (κ2) is 37.5. The Hall–Kier alpha value is -10.6. The van der Waals surface area contributed by atoms with Crippen molar-refractivity contribution in [2.75, 3.05) is 64.3 Å². The summed E-state index contributed by atoms with van der Waals surface area (Å²) in [5.74, 6) is -8.59. The Balaban J connectivity index is 0.000000165. The molecule has 13 rings (SSSR count). The van der Waals surface area contributed by atoms with E-state index in [1.807, 2.05) is 0 Å². The van der Waals surface area contributed by atoms with Crippen molar-refractivity contribution in [1.82, 2.24) is 59.5 Å². The van der Waals surface area contributed by atoms with Gasteiger partial charge in [0.1, 0.15) is 12.2 Å². The standard InChI is InChI=1S/C19H16BrFN4O4S.2C18H16BrFN4O4S.C17H14BrFN4O4S/c1-25-16(27)12(30-18(25)28)5-9-4-11(15(26)14(21)13(9)20)29-8-19(2-3-19)10-6-23-17(22)24-7-10;2*1-8(3-9-6-22-17(21)23-7-9)28-11-4-10(13(19)14(20)15(11)25)5-12-16(26)24(2)18(27)29-12;1-23-15(25)11(28-17(23)26)5-9-4-10(14(24)13(19)12(9)18)27-3-2-8-6-21-16(20)22-7-8/h4-7,26H,2-3,8H2,1H3,(H2,22,23,24);2*4-8,25H,3H2,1-2H3,(H2,21,22,23);4-7,24H,2-3H2,1H3,(H2,20,21,22)/b3*12-5-;11-5-/i;8D;;. The van der Waals surface area contributed by atoms with Crippen LogP contribution in [0.3, 0.4) is 0 Å². The number of carbonyl (C=O) groups excluding carboxylic acids is 8. The third kappa shape index (κ3) is 20.8. The van der Waals surface area contributed by atoms with Gasteiger partial charge in [-0.25, -0.2) is 57.4 Å². The number of hydrogen-bond acceptors (Lipinski definition) is 32. The van der Waals surface area contributed by atoms with Crippen molar-refractivity contribution < 1.29 is 96.7 Å². The Morgan fingerprint density at radius 1 is 0.457 bits per heavy atom. The summed E-state index contributed by atoms with van der Waals surface area (Å²) in [7, 11) is 5.43. The number of halogens is 8. The van der Waals surface area contributed by atoms with Gasteiger partial charge in [0.2, 0.25) is 23.8 Å². The van der Waals surface area contributed by atoms with E-state index in [9.17, 15) is 76.3 Å². The molecule has 8 aromatic rings. The minimum Gasteiger partial charge on any atom is -0.502 e. The van der Waals surface area contributed by atoms with Gasteiger partial charge in [-0.3, -0.25) is 58.0 Å². The molecule has 4 aromatic heterocycles. The number of ether oxygens (including phenoxy) is 4. The highest BCUT2D eigenvalue weighted by molar-refractivity contribution is 9.11. The summed E-state index contributed by atoms with van der Waals surface area (Å²) >= 11 is 15.2. The maximum Gasteiger partial charge on any atom is 0.293 e. The molecule has 1 aliphatic carbocycles. The quantitative estimate of drug-likeness (QED) is 0.0259. The summed E-state index contributed by atoms with van der Waals surface area (Å²) in [6.45, 7) is 3.45. The maximum absolute atomic E-state index is 14.6. The monoisotopic (exact) mass is 1930 g/mol. The number of aromatic hydroxyl groups is 4. The molecule has 4 saturated heterocycles. The average Bonchev–Trinajstić information content (AvgIpc) is 1.77. The largest absolute Gasteiger partial charge is 0.502 e. The number of hydrogen-bond donors (Lipinski definition) is 8. The molecule has 0 bridgehead atoms. The number of nitrogens with two attached hydrogens (primary N) is 4. The zero-order valence-corrected chi connectivity index (χ0v) is 70.4. The molecule has 116 heavy (non-hydrogen) atoms. The van der Waals surface area contributed by atoms with Crippen LogP contribution in [0.4, 0.5) is 60.5 Å². The first-order chi connectivity index (χ1) is 55.1. The molecule has 2 unspecified atom stereocenters. The first kappa shape index (κ1) is 86.2. The van der Waals surface area contributed by atoms with Gasteiger partial charge < -0.3 is 62.3 Å². The topological polar surface area (TPSA) is 475 Å². The summed E-state index contributed by atoms with van der Waals surface area (Å²) in [6.07, 6.45) is 18.2. The summed E-state index contributed by atoms with van der Waals surface area (Å²) in [6, 6.07) is 5.47. The molecule has 4 aliphatic heterocycles. The lowest BCUT2D eigenvalue weighted by Crippen LogP contribution is -2.22. The molecule has 8 heterocycles. The molecule has 32 nitrogen and oxygen atoms in total. The Kier molecular flexibility index (Phi) is 27.9. The number of benzene rings is 4. The van der Waals surface area contributed by atoms with Crippen LogP contribution >= 0.6 is 111 Å². The third-order valence-corrected chi connectivity index (χ3v) is 23.9. The number of imide groups is 4. The number of rotatable bonds is 20. The van der Waals surface area contributed by atoms with Gasteiger partial charge in [-0.15, -0.1) is 0 Å². The highest BCUT2D eigenvalue weighted by atomic mass is 79.9. The lowest BCUT2D eigenvalue weighted by molar-refractivity contribution is -0.122. The number of likely N-dealkylation sites (N-methyl/N-ethyl adjacent to an activating group) is 4. The predicted octanol–water partition coefficient (Wildman–Crippen LogP) is 13.1. The second-order valence-corrected chi connectivity index (χ2v) is 32.3. The smallest absolute Gasteiger partial charge is 0.293 e. The van der Waals surface area contributed by atoms with E-state index >= 15 is 0 Å². The van der Waals surface area contributed by atoms with Gasteiger partial charge in [-0.2, -0.15) is 0 Å². The van der Waals surface area contributed by atoms with Crippen LogP contribution in [0.1, 0.15) is 72.6 Å². The number of carbonyl (C=O) groups is 8. The van der Waals surface area contributed by atoms with E-state index in [-0.39, 0.29) is 132 Å². The molecule has 4 aromatic carbocycles. The molecule has 8 amide bonds. The molecule has 12 N–H and O–H groups in total. The van der Waals surface area contributed by atoms with Gasteiger partial charge in [0.15, 0.2) is 69.3 Å². The van der Waals surface area contributed by atoms with Gasteiger partial charge in [0.25, 0.3) is 44.6 Å². The lowest BCUT2D eigenvalue weighted by atomic mass is 10.0. The van der Waals surface area contributed by atoms with Crippen molar-refractivity contribution in [1.29, 1.82) is 0 Å². The number of aromatic nitrogens is 8. The fraction of sp³-hybridized carbons (Fsp3) is 0.222. The van der Waals surface area contributed by atoms with E-state index in [1.165, 1.54) is 96.1 Å². The molecular weight excluding hydrogens is 1870 g/mol. The molecule has 606 valence electrons. The van der Waals surface area contributed by atoms with Gasteiger partial charge in [-0.1, -0.05) is 0 Å². The van der Waals surface area contributed by atoms with Crippen molar-refractivity contribution in [3.8, 4) is 46.0 Å². The highest BCUT2D eigenvalue weighted by Crippen LogP contribution is 2.50. The Morgan fingerprint density at radius 3 is 1.06 bits per heavy atom. The van der Waals surface area contributed by atoms with Crippen molar-refractivity contribution in [3.05, 3.63) is 179 Å². The lowest BCUT2D eigenvalue weighted by Gasteiger charge is -2.18. The predicted molar refractivity (Wildman–Crippen MR) is 437 cm³/mol. The maximum atomic E-state index is 14.6. The van der Waals surface area contributed by atoms with E-state index in [1.54, 1.807) is 44.1 Å². The zero-order chi connectivity index (χ0) is 85.6. The summed E-state index contributed by atoms with van der Waals surface area (Å²) < 4.78 is 88.6. The molecule has 0 radical (unpaired) electrons. The van der Waals surface area contributed by atoms with Gasteiger partial charge in [0.05, 0.1) is 52.1 Å². The van der Waals surface area contributed by atoms with Crippen molar-refractivity contribution in [2.24, 2.45) is 0 Å². The molecule has 44 heteroatoms. The van der Waals surface area contributed by atoms with E-state index in [4.69, 9.17) is 43.3 Å². The minimum absolute atomic E-state index is 0.0223. The summed E-state index contributed by atoms with van der Waals surface area (Å²) in [5.41, 5.74) is 25.3. The van der Waals surface area contributed by atoms with Crippen LogP contribution in [-0.4, -0.2) is 178 Å². The van der Waals surface area contributed by atoms with Crippen molar-refractivity contribution in [3.63, 3.8) is 0 Å². The van der Waals surface area contributed by atoms with E-state index in [0.717, 1.165) is 84.4 Å². The number of nitrogen functional groups attached to an aromatic ring is 4. The minimum atomic E-state index is -1.62. The van der Waals surface area contributed by atoms with Crippen LogP contribution < -0.4 is 41.9 Å². The molecule has 1 saturated carbocycles. The molecular formula is C72H62Br4F4N16O16S4. The van der Waals surface area contributed by atoms with Crippen molar-refractivity contribution in [2.45, 2.75) is 63.6 Å². The summed E-state index contributed by atoms with van der Waals surface area (Å²) in [5, 5.41) is 38.8. The summed E-state index contributed by atoms with van der Waals surface area (Å²) in [4.78, 5) is 131. The van der Waals surface area contributed by atoms with E-state index < -0.39 is 103 Å². The number of phenols is 4. The van der Waals surface area contributed by atoms with E-state index in [2.05, 4.69) is 104 Å². The van der Waals surface area contributed by atoms with Crippen LogP contribution in [0.2, 0.25) is 0 Å². The highest BCUT2D eigenvalue weighted by Gasteiger charge is 2.46. The van der Waals surface area contributed by atoms with Crippen molar-refractivity contribution >= 4 is 203 Å². The Bertz CT molecular complexity index is 5480. The molecule has 0 spiro atoms. The number of phenolic OH excluding ortho intramolecular Hbond substituents is 4. The number of anilines is 4. The van der Waals surface area contributed by atoms with Crippen LogP contribution in [0.5, 0.6) is 46.0 Å². The normalized spacial score (nSPS) is 17.3. The fourth-order valence-corrected chi connectivity index (χ4v) is 15.2. The number of thioether (sulfide) groups is 4. The molecule has 5 fully saturated rings. The average molecular weight is 1930 g/mol.